The van der Waals surface area contributed by atoms with Gasteiger partial charge in [-0.05, 0) is 55.5 Å². The zero-order chi connectivity index (χ0) is 30.5. The Bertz CT molecular complexity index is 1620. The van der Waals surface area contributed by atoms with Gasteiger partial charge in [-0.3, -0.25) is 9.69 Å². The lowest BCUT2D eigenvalue weighted by Gasteiger charge is -2.41. The molecule has 0 atom stereocenters. The molecule has 0 saturated carbocycles. The number of allylic oxidation sites excluding steroid dienone is 1. The van der Waals surface area contributed by atoms with E-state index in [1.165, 1.54) is 17.3 Å². The highest BCUT2D eigenvalue weighted by molar-refractivity contribution is 5.95. The number of para-hydroxylation sites is 1. The number of ketones is 1. The molecule has 0 unspecified atom stereocenters. The first-order valence-electron chi connectivity index (χ1n) is 15.6. The summed E-state index contributed by atoms with van der Waals surface area (Å²) in [6.45, 7) is 9.29. The van der Waals surface area contributed by atoms with Gasteiger partial charge in [0.15, 0.2) is 5.78 Å². The molecule has 2 fully saturated rings. The molecule has 6 rings (SSSR count). The van der Waals surface area contributed by atoms with Gasteiger partial charge in [-0.15, -0.1) is 0 Å². The van der Waals surface area contributed by atoms with Crippen molar-refractivity contribution < 1.29 is 14.3 Å². The van der Waals surface area contributed by atoms with E-state index in [9.17, 15) is 4.79 Å². The number of nitrogens with one attached hydrogen (secondary N) is 1. The minimum Gasteiger partial charge on any atom is -0.494 e. The summed E-state index contributed by atoms with van der Waals surface area (Å²) in [5.74, 6) is 1.31. The Balaban J connectivity index is 1.27. The number of benzene rings is 2. The average Bonchev–Trinajstić information content (AvgIpc) is 3.41. The van der Waals surface area contributed by atoms with E-state index in [4.69, 9.17) is 14.5 Å². The third-order valence-electron chi connectivity index (χ3n) is 8.94. The summed E-state index contributed by atoms with van der Waals surface area (Å²) in [6.07, 6.45) is 9.54. The first-order chi connectivity index (χ1) is 21.5. The number of ether oxygens (including phenoxy) is 2. The quantitative estimate of drug-likeness (QED) is 0.219. The van der Waals surface area contributed by atoms with E-state index >= 15 is 0 Å². The van der Waals surface area contributed by atoms with Crippen molar-refractivity contribution in [2.75, 3.05) is 56.7 Å². The molecule has 9 nitrogen and oxygen atoms in total. The highest BCUT2D eigenvalue weighted by Gasteiger charge is 2.27. The van der Waals surface area contributed by atoms with E-state index in [1.54, 1.807) is 13.3 Å². The Labute approximate surface area is 259 Å². The molecular weight excluding hydrogens is 552 g/mol. The van der Waals surface area contributed by atoms with Gasteiger partial charge >= 0.3 is 0 Å². The number of fused-ring (bicyclic) bond motifs is 1. The Morgan fingerprint density at radius 3 is 2.70 bits per heavy atom. The van der Waals surface area contributed by atoms with Crippen molar-refractivity contribution >= 4 is 34.0 Å². The molecule has 2 aliphatic rings. The average molecular weight is 595 g/mol. The topological polar surface area (TPSA) is 84.8 Å². The summed E-state index contributed by atoms with van der Waals surface area (Å²) >= 11 is 0. The maximum atomic E-state index is 12.0. The lowest BCUT2D eigenvalue weighted by Crippen LogP contribution is -2.49. The number of aromatic nitrogens is 3. The number of rotatable bonds is 11. The van der Waals surface area contributed by atoms with E-state index < -0.39 is 0 Å². The minimum absolute atomic E-state index is 0.0726. The number of carbonyl (C=O) groups excluding carboxylic acids is 1. The fraction of sp³-hybridized carbons (Fsp3) is 0.400. The van der Waals surface area contributed by atoms with Gasteiger partial charge in [-0.1, -0.05) is 24.8 Å². The molecule has 0 aliphatic carbocycles. The van der Waals surface area contributed by atoms with Crippen molar-refractivity contribution in [1.82, 2.24) is 19.4 Å². The van der Waals surface area contributed by atoms with Crippen LogP contribution in [0.5, 0.6) is 5.75 Å². The number of morpholine rings is 1. The number of methoxy groups -OCH3 is 1. The molecule has 9 heteroatoms. The van der Waals surface area contributed by atoms with Gasteiger partial charge in [0.2, 0.25) is 5.95 Å². The van der Waals surface area contributed by atoms with Crippen molar-refractivity contribution in [3.63, 3.8) is 0 Å². The number of piperidine rings is 1. The number of hydrogen-bond donors (Lipinski definition) is 1. The molecule has 2 aliphatic heterocycles. The molecule has 230 valence electrons. The van der Waals surface area contributed by atoms with E-state index in [2.05, 4.69) is 61.7 Å². The predicted octanol–water partition coefficient (Wildman–Crippen LogP) is 5.77. The van der Waals surface area contributed by atoms with Crippen LogP contribution in [0.15, 0.2) is 67.5 Å². The van der Waals surface area contributed by atoms with Crippen LogP contribution in [0.3, 0.4) is 0 Å². The molecule has 0 amide bonds. The number of aryl methyl sites for hydroxylation is 2. The zero-order valence-electron chi connectivity index (χ0n) is 25.8. The molecular formula is C35H42N6O3. The minimum atomic E-state index is 0.0726. The van der Waals surface area contributed by atoms with Crippen LogP contribution in [-0.2, 0) is 23.0 Å². The molecule has 0 spiro atoms. The Morgan fingerprint density at radius 2 is 1.93 bits per heavy atom. The lowest BCUT2D eigenvalue weighted by molar-refractivity contribution is -0.114. The van der Waals surface area contributed by atoms with Gasteiger partial charge in [0, 0.05) is 86.3 Å². The van der Waals surface area contributed by atoms with Crippen LogP contribution in [0.4, 0.5) is 17.3 Å². The molecule has 2 aromatic heterocycles. The van der Waals surface area contributed by atoms with Crippen molar-refractivity contribution in [3.8, 4) is 17.0 Å². The largest absolute Gasteiger partial charge is 0.494 e. The summed E-state index contributed by atoms with van der Waals surface area (Å²) in [4.78, 5) is 26.5. The first-order valence-corrected chi connectivity index (χ1v) is 15.6. The molecule has 2 saturated heterocycles. The Morgan fingerprint density at radius 1 is 1.14 bits per heavy atom. The molecule has 0 bridgehead atoms. The van der Waals surface area contributed by atoms with Gasteiger partial charge in [0.25, 0.3) is 0 Å². The summed E-state index contributed by atoms with van der Waals surface area (Å²) in [5, 5.41) is 4.59. The molecule has 2 aromatic carbocycles. The summed E-state index contributed by atoms with van der Waals surface area (Å²) < 4.78 is 13.6. The predicted molar refractivity (Wildman–Crippen MR) is 176 cm³/mol. The van der Waals surface area contributed by atoms with E-state index in [0.29, 0.717) is 18.4 Å². The van der Waals surface area contributed by atoms with Crippen LogP contribution in [-0.4, -0.2) is 77.8 Å². The number of nitrogens with zero attached hydrogens (tertiary/aromatic N) is 5. The summed E-state index contributed by atoms with van der Waals surface area (Å²) in [7, 11) is 3.75. The fourth-order valence-electron chi connectivity index (χ4n) is 6.58. The number of anilines is 3. The Hall–Kier alpha value is -4.21. The van der Waals surface area contributed by atoms with Gasteiger partial charge in [-0.25, -0.2) is 9.97 Å². The smallest absolute Gasteiger partial charge is 0.227 e. The van der Waals surface area contributed by atoms with Gasteiger partial charge in [-0.2, -0.15) is 0 Å². The second kappa shape index (κ2) is 13.6. The molecule has 44 heavy (non-hydrogen) atoms. The molecule has 1 N–H and O–H groups in total. The van der Waals surface area contributed by atoms with Crippen molar-refractivity contribution in [2.24, 2.45) is 7.05 Å². The van der Waals surface area contributed by atoms with Gasteiger partial charge in [0.1, 0.15) is 5.75 Å². The summed E-state index contributed by atoms with van der Waals surface area (Å²) in [5.41, 5.74) is 6.22. The first kappa shape index (κ1) is 29.8. The van der Waals surface area contributed by atoms with Crippen LogP contribution < -0.4 is 15.0 Å². The maximum Gasteiger partial charge on any atom is 0.227 e. The van der Waals surface area contributed by atoms with Crippen molar-refractivity contribution in [2.45, 2.75) is 38.1 Å². The molecule has 4 aromatic rings. The van der Waals surface area contributed by atoms with Crippen LogP contribution in [0.1, 0.15) is 31.2 Å². The standard InChI is InChI=1S/C35H42N6O3/c1-4-27(42)9-7-8-25-22-31(34(43-3)23-33(25)41-16-13-26(14-17-41)40-18-20-44-21-19-40)38-35-36-15-12-30(37-35)29-24-39(2)32-11-6-5-10-28(29)32/h4-6,10-12,15,22-24,26H,1,7-9,13-14,16-21H2,2-3H3,(H,36,37,38). The Kier molecular flexibility index (Phi) is 9.23. The van der Waals surface area contributed by atoms with Crippen LogP contribution in [0, 0.1) is 0 Å². The molecule has 4 heterocycles. The number of carbonyl (C=O) groups is 1. The highest BCUT2D eigenvalue weighted by Crippen LogP contribution is 2.38. The van der Waals surface area contributed by atoms with Crippen molar-refractivity contribution in [1.29, 1.82) is 0 Å². The van der Waals surface area contributed by atoms with E-state index in [-0.39, 0.29) is 5.78 Å². The zero-order valence-corrected chi connectivity index (χ0v) is 25.8. The summed E-state index contributed by atoms with van der Waals surface area (Å²) in [6, 6.07) is 15.1. The number of hydrogen-bond acceptors (Lipinski definition) is 8. The molecule has 0 radical (unpaired) electrons. The normalized spacial score (nSPS) is 16.3. The SMILES string of the molecule is C=CC(=O)CCCc1cc(Nc2nccc(-c3cn(C)c4ccccc34)n2)c(OC)cc1N1CCC(N2CCOCC2)CC1. The van der Waals surface area contributed by atoms with Gasteiger partial charge in [0.05, 0.1) is 31.7 Å². The monoisotopic (exact) mass is 594 g/mol. The second-order valence-electron chi connectivity index (χ2n) is 11.6. The second-order valence-corrected chi connectivity index (χ2v) is 11.6. The van der Waals surface area contributed by atoms with Crippen LogP contribution >= 0.6 is 0 Å². The fourth-order valence-corrected chi connectivity index (χ4v) is 6.58. The lowest BCUT2D eigenvalue weighted by atomic mass is 9.98. The van der Waals surface area contributed by atoms with E-state index in [0.717, 1.165) is 98.7 Å². The van der Waals surface area contributed by atoms with Crippen LogP contribution in [0.2, 0.25) is 0 Å². The third kappa shape index (κ3) is 6.49. The van der Waals surface area contributed by atoms with Crippen LogP contribution in [0.25, 0.3) is 22.2 Å². The van der Waals surface area contributed by atoms with E-state index in [1.807, 2.05) is 25.2 Å². The van der Waals surface area contributed by atoms with Crippen molar-refractivity contribution in [3.05, 3.63) is 73.1 Å². The third-order valence-corrected chi connectivity index (χ3v) is 8.94. The maximum absolute atomic E-state index is 12.0. The highest BCUT2D eigenvalue weighted by atomic mass is 16.5. The van der Waals surface area contributed by atoms with Gasteiger partial charge < -0.3 is 24.3 Å².